The molecule has 0 unspecified atom stereocenters. The molecule has 9 heteroatoms. The molecule has 3 N–H and O–H groups in total. The summed E-state index contributed by atoms with van der Waals surface area (Å²) >= 11 is 0. The van der Waals surface area contributed by atoms with Crippen molar-refractivity contribution in [1.29, 1.82) is 0 Å². The molecular weight excluding hydrogens is 346 g/mol. The van der Waals surface area contributed by atoms with Gasteiger partial charge in [-0.25, -0.2) is 4.98 Å². The Morgan fingerprint density at radius 2 is 1.81 bits per heavy atom. The second-order valence-electron chi connectivity index (χ2n) is 5.73. The van der Waals surface area contributed by atoms with Crippen LogP contribution < -0.4 is 20.5 Å². The number of nitrogens with two attached hydrogens (primary N) is 1. The lowest BCUT2D eigenvalue weighted by molar-refractivity contribution is 0.394. The zero-order valence-electron chi connectivity index (χ0n) is 14.7. The Morgan fingerprint density at radius 1 is 1.04 bits per heavy atom. The molecule has 0 saturated heterocycles. The Kier molecular flexibility index (Phi) is 4.17. The minimum Gasteiger partial charge on any atom is -0.497 e. The molecule has 0 spiro atoms. The molecule has 0 aliphatic rings. The number of nitrogens with one attached hydrogen (secondary N) is 1. The smallest absolute Gasteiger partial charge is 0.229 e. The predicted molar refractivity (Wildman–Crippen MR) is 102 cm³/mol. The van der Waals surface area contributed by atoms with E-state index in [-0.39, 0.29) is 0 Å². The second-order valence-corrected chi connectivity index (χ2v) is 5.73. The Balaban J connectivity index is 1.76. The van der Waals surface area contributed by atoms with Gasteiger partial charge in [-0.05, 0) is 18.2 Å². The van der Waals surface area contributed by atoms with E-state index < -0.39 is 0 Å². The minimum absolute atomic E-state index is 0.409. The summed E-state index contributed by atoms with van der Waals surface area (Å²) < 4.78 is 12.2. The lowest BCUT2D eigenvalue weighted by atomic mass is 10.3. The molecule has 2 aromatic heterocycles. The van der Waals surface area contributed by atoms with Crippen molar-refractivity contribution in [3.05, 3.63) is 48.7 Å². The first-order valence-corrected chi connectivity index (χ1v) is 8.11. The van der Waals surface area contributed by atoms with Crippen LogP contribution in [0, 0.1) is 0 Å². The molecule has 0 atom stereocenters. The fraction of sp³-hybridized carbons (Fsp3) is 0.111. The first-order valence-electron chi connectivity index (χ1n) is 8.11. The number of rotatable bonds is 5. The van der Waals surface area contributed by atoms with Crippen molar-refractivity contribution in [3.63, 3.8) is 0 Å². The SMILES string of the molecule is COc1cc(OC)cc(-n2nnc3cnc(Nc4cccc(N)c4)nc32)c1. The highest BCUT2D eigenvalue weighted by Gasteiger charge is 2.12. The topological polar surface area (TPSA) is 113 Å². The summed E-state index contributed by atoms with van der Waals surface area (Å²) in [7, 11) is 3.18. The molecule has 0 aliphatic heterocycles. The van der Waals surface area contributed by atoms with Crippen LogP contribution in [0.2, 0.25) is 0 Å². The summed E-state index contributed by atoms with van der Waals surface area (Å²) in [5, 5.41) is 11.4. The van der Waals surface area contributed by atoms with Gasteiger partial charge in [0.25, 0.3) is 0 Å². The third-order valence-electron chi connectivity index (χ3n) is 3.92. The van der Waals surface area contributed by atoms with Gasteiger partial charge in [0.05, 0.1) is 26.1 Å². The van der Waals surface area contributed by atoms with Crippen molar-refractivity contribution in [3.8, 4) is 17.2 Å². The van der Waals surface area contributed by atoms with E-state index in [1.807, 2.05) is 30.3 Å². The van der Waals surface area contributed by atoms with E-state index in [9.17, 15) is 0 Å². The van der Waals surface area contributed by atoms with Crippen LogP contribution in [-0.4, -0.2) is 39.2 Å². The van der Waals surface area contributed by atoms with Gasteiger partial charge < -0.3 is 20.5 Å². The van der Waals surface area contributed by atoms with Gasteiger partial charge in [-0.15, -0.1) is 5.10 Å². The Bertz CT molecular complexity index is 1090. The van der Waals surface area contributed by atoms with Gasteiger partial charge in [0.1, 0.15) is 11.5 Å². The number of methoxy groups -OCH3 is 2. The van der Waals surface area contributed by atoms with Gasteiger partial charge in [0, 0.05) is 29.6 Å². The lowest BCUT2D eigenvalue weighted by Crippen LogP contribution is -2.02. The molecular formula is C18H17N7O2. The number of hydrogen-bond donors (Lipinski definition) is 2. The van der Waals surface area contributed by atoms with Gasteiger partial charge in [-0.1, -0.05) is 11.3 Å². The second kappa shape index (κ2) is 6.79. The highest BCUT2D eigenvalue weighted by molar-refractivity contribution is 5.73. The summed E-state index contributed by atoms with van der Waals surface area (Å²) in [6, 6.07) is 12.8. The van der Waals surface area contributed by atoms with Crippen LogP contribution in [0.15, 0.2) is 48.7 Å². The lowest BCUT2D eigenvalue weighted by Gasteiger charge is -2.09. The summed E-state index contributed by atoms with van der Waals surface area (Å²) in [5.74, 6) is 1.69. The van der Waals surface area contributed by atoms with E-state index in [1.54, 1.807) is 37.2 Å². The van der Waals surface area contributed by atoms with Crippen LogP contribution >= 0.6 is 0 Å². The molecule has 136 valence electrons. The van der Waals surface area contributed by atoms with E-state index in [0.717, 1.165) is 5.69 Å². The quantitative estimate of drug-likeness (QED) is 0.520. The fourth-order valence-corrected chi connectivity index (χ4v) is 2.62. The van der Waals surface area contributed by atoms with E-state index >= 15 is 0 Å². The minimum atomic E-state index is 0.409. The third-order valence-corrected chi connectivity index (χ3v) is 3.92. The average Bonchev–Trinajstić information content (AvgIpc) is 3.11. The molecule has 0 bridgehead atoms. The monoisotopic (exact) mass is 363 g/mol. The average molecular weight is 363 g/mol. The molecule has 0 radical (unpaired) electrons. The summed E-state index contributed by atoms with van der Waals surface area (Å²) in [6.07, 6.45) is 1.61. The number of nitrogens with zero attached hydrogens (tertiary/aromatic N) is 5. The zero-order valence-corrected chi connectivity index (χ0v) is 14.7. The number of nitrogen functional groups attached to an aromatic ring is 1. The molecule has 0 aliphatic carbocycles. The van der Waals surface area contributed by atoms with Gasteiger partial charge in [-0.3, -0.25) is 0 Å². The van der Waals surface area contributed by atoms with Crippen molar-refractivity contribution < 1.29 is 9.47 Å². The molecule has 4 rings (SSSR count). The third kappa shape index (κ3) is 3.30. The van der Waals surface area contributed by atoms with E-state index in [4.69, 9.17) is 15.2 Å². The highest BCUT2D eigenvalue weighted by atomic mass is 16.5. The highest BCUT2D eigenvalue weighted by Crippen LogP contribution is 2.26. The molecule has 4 aromatic rings. The van der Waals surface area contributed by atoms with Crippen molar-refractivity contribution in [2.24, 2.45) is 0 Å². The molecule has 0 saturated carbocycles. The van der Waals surface area contributed by atoms with Gasteiger partial charge in [0.2, 0.25) is 5.95 Å². The summed E-state index contributed by atoms with van der Waals surface area (Å²) in [5.41, 5.74) is 9.07. The number of ether oxygens (including phenoxy) is 2. The Morgan fingerprint density at radius 3 is 2.52 bits per heavy atom. The molecule has 27 heavy (non-hydrogen) atoms. The van der Waals surface area contributed by atoms with Gasteiger partial charge in [-0.2, -0.15) is 9.67 Å². The largest absolute Gasteiger partial charge is 0.497 e. The molecule has 2 heterocycles. The Labute approximate surface area is 154 Å². The van der Waals surface area contributed by atoms with Crippen LogP contribution in [0.5, 0.6) is 11.5 Å². The van der Waals surface area contributed by atoms with E-state index in [1.165, 1.54) is 0 Å². The van der Waals surface area contributed by atoms with Crippen LogP contribution in [0.25, 0.3) is 16.9 Å². The first-order chi connectivity index (χ1) is 13.2. The molecule has 0 amide bonds. The standard InChI is InChI=1S/C18H17N7O2/c1-26-14-7-13(8-15(9-14)27-2)25-17-16(23-24-25)10-20-18(22-17)21-12-5-3-4-11(19)6-12/h3-10H,19H2,1-2H3,(H,20,21,22). The first kappa shape index (κ1) is 16.6. The van der Waals surface area contributed by atoms with Gasteiger partial charge >= 0.3 is 0 Å². The zero-order chi connectivity index (χ0) is 18.8. The van der Waals surface area contributed by atoms with E-state index in [0.29, 0.717) is 40.0 Å². The van der Waals surface area contributed by atoms with E-state index in [2.05, 4.69) is 25.6 Å². The maximum absolute atomic E-state index is 5.81. The number of aromatic nitrogens is 5. The Hall–Kier alpha value is -3.88. The number of benzene rings is 2. The number of fused-ring (bicyclic) bond motifs is 1. The molecule has 9 nitrogen and oxygen atoms in total. The molecule has 0 fully saturated rings. The maximum Gasteiger partial charge on any atom is 0.229 e. The normalized spacial score (nSPS) is 10.7. The van der Waals surface area contributed by atoms with Crippen molar-refractivity contribution >= 4 is 28.5 Å². The van der Waals surface area contributed by atoms with Crippen LogP contribution in [-0.2, 0) is 0 Å². The van der Waals surface area contributed by atoms with Crippen LogP contribution in [0.1, 0.15) is 0 Å². The van der Waals surface area contributed by atoms with Crippen LogP contribution in [0.3, 0.4) is 0 Å². The number of hydrogen-bond acceptors (Lipinski definition) is 8. The molecule has 2 aromatic carbocycles. The summed E-state index contributed by atoms with van der Waals surface area (Å²) in [6.45, 7) is 0. The van der Waals surface area contributed by atoms with Crippen molar-refractivity contribution in [2.45, 2.75) is 0 Å². The number of anilines is 3. The maximum atomic E-state index is 5.81. The van der Waals surface area contributed by atoms with Crippen LogP contribution in [0.4, 0.5) is 17.3 Å². The van der Waals surface area contributed by atoms with Gasteiger partial charge in [0.15, 0.2) is 11.2 Å². The summed E-state index contributed by atoms with van der Waals surface area (Å²) in [4.78, 5) is 8.82. The van der Waals surface area contributed by atoms with Crippen molar-refractivity contribution in [2.75, 3.05) is 25.3 Å². The predicted octanol–water partition coefficient (Wildman–Crippen LogP) is 2.55. The fourth-order valence-electron chi connectivity index (χ4n) is 2.62. The van der Waals surface area contributed by atoms with Crippen molar-refractivity contribution in [1.82, 2.24) is 25.0 Å².